The second-order valence-corrected chi connectivity index (χ2v) is 3.23. The minimum atomic E-state index is 0.0312. The van der Waals surface area contributed by atoms with Crippen molar-refractivity contribution < 1.29 is 4.65 Å². The third-order valence-electron chi connectivity index (χ3n) is 1.89. The van der Waals surface area contributed by atoms with Gasteiger partial charge in [0, 0.05) is 0 Å². The van der Waals surface area contributed by atoms with E-state index in [2.05, 4.69) is 20.8 Å². The quantitative estimate of drug-likeness (QED) is 0.431. The molecule has 0 aromatic rings. The minimum absolute atomic E-state index is 0.0312. The molecule has 0 aromatic heterocycles. The van der Waals surface area contributed by atoms with Gasteiger partial charge in [-0.25, -0.2) is 0 Å². The largest absolute Gasteiger partial charge is 0.633 e. The maximum absolute atomic E-state index is 11.8. The van der Waals surface area contributed by atoms with Crippen LogP contribution >= 0.6 is 0 Å². The predicted molar refractivity (Wildman–Crippen MR) is 49.1 cm³/mol. The molecule has 0 saturated carbocycles. The molecule has 0 atom stereocenters. The summed E-state index contributed by atoms with van der Waals surface area (Å²) in [6.45, 7) is 8.62. The van der Waals surface area contributed by atoms with Crippen molar-refractivity contribution in [3.8, 4) is 0 Å². The summed E-state index contributed by atoms with van der Waals surface area (Å²) in [5, 5.41) is 11.8. The molecule has 0 saturated heterocycles. The van der Waals surface area contributed by atoms with Crippen LogP contribution in [0.3, 0.4) is 0 Å². The summed E-state index contributed by atoms with van der Waals surface area (Å²) < 4.78 is 0.0312. The first-order valence-corrected chi connectivity index (χ1v) is 4.75. The van der Waals surface area contributed by atoms with Crippen LogP contribution in [0, 0.1) is 5.21 Å². The number of hydrogen-bond acceptors (Lipinski definition) is 1. The summed E-state index contributed by atoms with van der Waals surface area (Å²) in [7, 11) is 0. The van der Waals surface area contributed by atoms with Crippen LogP contribution in [0.15, 0.2) is 0 Å². The predicted octanol–water partition coefficient (Wildman–Crippen LogP) is 2.53. The van der Waals surface area contributed by atoms with Gasteiger partial charge in [-0.15, -0.1) is 0 Å². The van der Waals surface area contributed by atoms with Crippen molar-refractivity contribution in [3.63, 3.8) is 0 Å². The minimum Gasteiger partial charge on any atom is -0.633 e. The van der Waals surface area contributed by atoms with Crippen LogP contribution in [0.4, 0.5) is 0 Å². The van der Waals surface area contributed by atoms with E-state index < -0.39 is 0 Å². The van der Waals surface area contributed by atoms with Crippen LogP contribution < -0.4 is 0 Å². The average Bonchev–Trinajstić information content (AvgIpc) is 1.88. The van der Waals surface area contributed by atoms with Crippen molar-refractivity contribution in [1.82, 2.24) is 0 Å². The van der Waals surface area contributed by atoms with Crippen LogP contribution in [0.5, 0.6) is 0 Å². The van der Waals surface area contributed by atoms with Crippen molar-refractivity contribution in [3.05, 3.63) is 5.21 Å². The van der Waals surface area contributed by atoms with Crippen molar-refractivity contribution in [2.75, 3.05) is 19.6 Å². The molecule has 0 radical (unpaired) electrons. The molecule has 0 bridgehead atoms. The maximum atomic E-state index is 11.8. The average molecular weight is 159 g/mol. The summed E-state index contributed by atoms with van der Waals surface area (Å²) in [5.41, 5.74) is 0. The Bertz CT molecular complexity index is 76.5. The lowest BCUT2D eigenvalue weighted by molar-refractivity contribution is -0.880. The van der Waals surface area contributed by atoms with Crippen molar-refractivity contribution >= 4 is 0 Å². The first kappa shape index (κ1) is 10.9. The highest BCUT2D eigenvalue weighted by atomic mass is 16.5. The van der Waals surface area contributed by atoms with Gasteiger partial charge in [0.25, 0.3) is 0 Å². The Labute approximate surface area is 70.4 Å². The molecule has 11 heavy (non-hydrogen) atoms. The summed E-state index contributed by atoms with van der Waals surface area (Å²) in [6, 6.07) is 0. The molecule has 0 amide bonds. The van der Waals surface area contributed by atoms with Crippen molar-refractivity contribution in [2.24, 2.45) is 0 Å². The van der Waals surface area contributed by atoms with Crippen molar-refractivity contribution in [1.29, 1.82) is 0 Å². The van der Waals surface area contributed by atoms with Crippen LogP contribution in [-0.4, -0.2) is 24.3 Å². The third-order valence-corrected chi connectivity index (χ3v) is 1.89. The van der Waals surface area contributed by atoms with Gasteiger partial charge in [-0.1, -0.05) is 20.8 Å². The second kappa shape index (κ2) is 5.56. The van der Waals surface area contributed by atoms with E-state index in [0.29, 0.717) is 0 Å². The zero-order valence-electron chi connectivity index (χ0n) is 8.10. The summed E-state index contributed by atoms with van der Waals surface area (Å²) in [4.78, 5) is 0. The second-order valence-electron chi connectivity index (χ2n) is 3.23. The Kier molecular flexibility index (Phi) is 5.51. The molecule has 0 heterocycles. The van der Waals surface area contributed by atoms with Gasteiger partial charge in [0.05, 0.1) is 19.6 Å². The van der Waals surface area contributed by atoms with Gasteiger partial charge in [0.15, 0.2) is 0 Å². The molecule has 0 aliphatic carbocycles. The smallest absolute Gasteiger partial charge is 0.0781 e. The van der Waals surface area contributed by atoms with E-state index >= 15 is 0 Å². The molecule has 0 aromatic carbocycles. The molecular weight excluding hydrogens is 138 g/mol. The van der Waals surface area contributed by atoms with Gasteiger partial charge >= 0.3 is 0 Å². The maximum Gasteiger partial charge on any atom is 0.0781 e. The fraction of sp³-hybridized carbons (Fsp3) is 1.00. The molecule has 0 spiro atoms. The van der Waals surface area contributed by atoms with E-state index in [0.717, 1.165) is 38.9 Å². The standard InChI is InChI=1S/C9H21NO/c1-4-7-10(11,8-5-2)9-6-3/h4-9H2,1-3H3. The van der Waals surface area contributed by atoms with Crippen LogP contribution in [0.2, 0.25) is 0 Å². The molecule has 0 rings (SSSR count). The van der Waals surface area contributed by atoms with Gasteiger partial charge in [-0.2, -0.15) is 0 Å². The Balaban J connectivity index is 3.79. The Hall–Kier alpha value is -0.0800. The first-order chi connectivity index (χ1) is 5.18. The highest BCUT2D eigenvalue weighted by Gasteiger charge is 2.11. The van der Waals surface area contributed by atoms with E-state index in [1.165, 1.54) is 0 Å². The first-order valence-electron chi connectivity index (χ1n) is 4.75. The fourth-order valence-corrected chi connectivity index (χ4v) is 1.56. The van der Waals surface area contributed by atoms with E-state index in [1.54, 1.807) is 0 Å². The summed E-state index contributed by atoms with van der Waals surface area (Å²) in [6.07, 6.45) is 3.01. The normalized spacial score (nSPS) is 12.0. The van der Waals surface area contributed by atoms with E-state index in [9.17, 15) is 5.21 Å². The van der Waals surface area contributed by atoms with E-state index in [1.807, 2.05) is 0 Å². The summed E-state index contributed by atoms with van der Waals surface area (Å²) in [5.74, 6) is 0. The number of quaternary nitrogens is 1. The number of hydrogen-bond donors (Lipinski definition) is 0. The van der Waals surface area contributed by atoms with Crippen LogP contribution in [0.25, 0.3) is 0 Å². The Morgan fingerprint density at radius 2 is 1.09 bits per heavy atom. The Morgan fingerprint density at radius 1 is 0.818 bits per heavy atom. The zero-order valence-corrected chi connectivity index (χ0v) is 8.10. The Morgan fingerprint density at radius 3 is 1.27 bits per heavy atom. The monoisotopic (exact) mass is 159 g/mol. The van der Waals surface area contributed by atoms with Gasteiger partial charge in [0.1, 0.15) is 0 Å². The van der Waals surface area contributed by atoms with E-state index in [4.69, 9.17) is 0 Å². The van der Waals surface area contributed by atoms with Crippen LogP contribution in [0.1, 0.15) is 40.0 Å². The highest BCUT2D eigenvalue weighted by molar-refractivity contribution is 4.42. The molecular formula is C9H21NO. The molecule has 68 valence electrons. The van der Waals surface area contributed by atoms with Gasteiger partial charge in [-0.05, 0) is 19.3 Å². The molecule has 0 N–H and O–H groups in total. The van der Waals surface area contributed by atoms with Gasteiger partial charge in [-0.3, -0.25) is 0 Å². The molecule has 0 aliphatic rings. The van der Waals surface area contributed by atoms with Crippen LogP contribution in [-0.2, 0) is 0 Å². The highest BCUT2D eigenvalue weighted by Crippen LogP contribution is 2.08. The lowest BCUT2D eigenvalue weighted by Gasteiger charge is -2.42. The van der Waals surface area contributed by atoms with E-state index in [-0.39, 0.29) is 4.65 Å². The van der Waals surface area contributed by atoms with Gasteiger partial charge in [0.2, 0.25) is 0 Å². The SMILES string of the molecule is CCC[N+]([O-])(CCC)CCC. The molecule has 0 fully saturated rings. The number of rotatable bonds is 6. The molecule has 0 unspecified atom stereocenters. The van der Waals surface area contributed by atoms with Gasteiger partial charge < -0.3 is 9.85 Å². The molecule has 2 nitrogen and oxygen atoms in total. The summed E-state index contributed by atoms with van der Waals surface area (Å²) >= 11 is 0. The topological polar surface area (TPSA) is 23.1 Å². The molecule has 2 heteroatoms. The lowest BCUT2D eigenvalue weighted by Crippen LogP contribution is -2.43. The third kappa shape index (κ3) is 4.38. The zero-order chi connectivity index (χ0) is 8.74. The lowest BCUT2D eigenvalue weighted by atomic mass is 10.3. The molecule has 0 aliphatic heterocycles. The fourth-order valence-electron chi connectivity index (χ4n) is 1.56. The van der Waals surface area contributed by atoms with Crippen molar-refractivity contribution in [2.45, 2.75) is 40.0 Å². The number of hydroxylamine groups is 3. The number of nitrogens with zero attached hydrogens (tertiary/aromatic N) is 1.